The summed E-state index contributed by atoms with van der Waals surface area (Å²) >= 11 is 0. The van der Waals surface area contributed by atoms with E-state index in [1.54, 1.807) is 6.07 Å². The Bertz CT molecular complexity index is 286. The number of allylic oxidation sites excluding steroid dienone is 1. The van der Waals surface area contributed by atoms with Crippen molar-refractivity contribution in [2.45, 2.75) is 33.1 Å². The van der Waals surface area contributed by atoms with Gasteiger partial charge in [0.1, 0.15) is 11.6 Å². The first-order valence-electron chi connectivity index (χ1n) is 4.44. The Morgan fingerprint density at radius 2 is 2.14 bits per heavy atom. The first-order valence-corrected chi connectivity index (χ1v) is 4.44. The first kappa shape index (κ1) is 12.4. The molecule has 0 aromatic carbocycles. The lowest BCUT2D eigenvalue weighted by atomic mass is 10.2. The van der Waals surface area contributed by atoms with Crippen molar-refractivity contribution in [3.63, 3.8) is 0 Å². The van der Waals surface area contributed by atoms with E-state index >= 15 is 0 Å². The molecule has 0 spiro atoms. The standard InChI is InChI=1S/C10H13NO3/c1-3-4-5-6-9(7-11)10(13)14-8(2)12/h6H,3-5H2,1-2H3. The van der Waals surface area contributed by atoms with E-state index in [0.717, 1.165) is 19.8 Å². The van der Waals surface area contributed by atoms with Gasteiger partial charge in [-0.1, -0.05) is 25.8 Å². The van der Waals surface area contributed by atoms with Crippen LogP contribution in [0.15, 0.2) is 11.6 Å². The van der Waals surface area contributed by atoms with Crippen LogP contribution >= 0.6 is 0 Å². The molecule has 0 atom stereocenters. The summed E-state index contributed by atoms with van der Waals surface area (Å²) in [5.74, 6) is -1.57. The van der Waals surface area contributed by atoms with E-state index in [9.17, 15) is 9.59 Å². The number of unbranched alkanes of at least 4 members (excludes halogenated alkanes) is 2. The molecule has 0 heterocycles. The molecule has 0 radical (unpaired) electrons. The molecule has 0 N–H and O–H groups in total. The van der Waals surface area contributed by atoms with Gasteiger partial charge in [0.25, 0.3) is 0 Å². The molecule has 0 rings (SSSR count). The molecule has 0 saturated heterocycles. The third-order valence-electron chi connectivity index (χ3n) is 1.48. The lowest BCUT2D eigenvalue weighted by Gasteiger charge is -1.97. The van der Waals surface area contributed by atoms with Crippen LogP contribution < -0.4 is 0 Å². The normalized spacial score (nSPS) is 10.5. The molecule has 14 heavy (non-hydrogen) atoms. The number of esters is 2. The Hall–Kier alpha value is -1.63. The van der Waals surface area contributed by atoms with Gasteiger partial charge >= 0.3 is 11.9 Å². The van der Waals surface area contributed by atoms with Crippen LogP contribution in [-0.4, -0.2) is 11.9 Å². The molecule has 0 aliphatic carbocycles. The number of carbonyl (C=O) groups excluding carboxylic acids is 2. The summed E-state index contributed by atoms with van der Waals surface area (Å²) < 4.78 is 4.27. The van der Waals surface area contributed by atoms with Crippen LogP contribution in [-0.2, 0) is 14.3 Å². The van der Waals surface area contributed by atoms with E-state index in [4.69, 9.17) is 5.26 Å². The minimum Gasteiger partial charge on any atom is -0.389 e. The molecule has 76 valence electrons. The van der Waals surface area contributed by atoms with E-state index in [0.29, 0.717) is 6.42 Å². The molecule has 0 aromatic heterocycles. The fourth-order valence-corrected chi connectivity index (χ4v) is 0.811. The van der Waals surface area contributed by atoms with Gasteiger partial charge in [-0.2, -0.15) is 5.26 Å². The number of rotatable bonds is 4. The van der Waals surface area contributed by atoms with Crippen LogP contribution in [0.5, 0.6) is 0 Å². The van der Waals surface area contributed by atoms with Crippen molar-refractivity contribution in [1.82, 2.24) is 0 Å². The number of nitriles is 1. The van der Waals surface area contributed by atoms with Gasteiger partial charge in [-0.15, -0.1) is 0 Å². The summed E-state index contributed by atoms with van der Waals surface area (Å²) in [7, 11) is 0. The van der Waals surface area contributed by atoms with E-state index in [1.165, 1.54) is 6.08 Å². The van der Waals surface area contributed by atoms with Gasteiger partial charge in [0.2, 0.25) is 0 Å². The summed E-state index contributed by atoms with van der Waals surface area (Å²) in [5.41, 5.74) is -0.103. The predicted octanol–water partition coefficient (Wildman–Crippen LogP) is 1.72. The maximum Gasteiger partial charge on any atom is 0.356 e. The fraction of sp³-hybridized carbons (Fsp3) is 0.500. The summed E-state index contributed by atoms with van der Waals surface area (Å²) in [6.07, 6.45) is 4.02. The second-order valence-corrected chi connectivity index (χ2v) is 2.75. The zero-order valence-electron chi connectivity index (χ0n) is 8.37. The highest BCUT2D eigenvalue weighted by Crippen LogP contribution is 2.02. The second kappa shape index (κ2) is 6.84. The molecule has 0 amide bonds. The molecule has 0 bridgehead atoms. The monoisotopic (exact) mass is 195 g/mol. The number of nitrogens with zero attached hydrogens (tertiary/aromatic N) is 1. The average molecular weight is 195 g/mol. The Morgan fingerprint density at radius 3 is 2.57 bits per heavy atom. The van der Waals surface area contributed by atoms with Crippen molar-refractivity contribution in [2.24, 2.45) is 0 Å². The molecule has 0 aliphatic heterocycles. The van der Waals surface area contributed by atoms with Crippen LogP contribution in [0.1, 0.15) is 33.1 Å². The molecular formula is C10H13NO3. The molecule has 0 saturated carbocycles. The molecule has 0 aliphatic rings. The van der Waals surface area contributed by atoms with Crippen LogP contribution in [0.4, 0.5) is 0 Å². The van der Waals surface area contributed by atoms with Crippen molar-refractivity contribution < 1.29 is 14.3 Å². The fourth-order valence-electron chi connectivity index (χ4n) is 0.811. The summed E-state index contributed by atoms with van der Waals surface area (Å²) in [4.78, 5) is 21.5. The third kappa shape index (κ3) is 5.09. The van der Waals surface area contributed by atoms with Gasteiger partial charge in [-0.3, -0.25) is 4.79 Å². The maximum atomic E-state index is 11.0. The van der Waals surface area contributed by atoms with Crippen LogP contribution in [0.25, 0.3) is 0 Å². The summed E-state index contributed by atoms with van der Waals surface area (Å²) in [6, 6.07) is 1.70. The molecule has 0 aromatic rings. The van der Waals surface area contributed by atoms with Crippen molar-refractivity contribution in [2.75, 3.05) is 0 Å². The van der Waals surface area contributed by atoms with Crippen LogP contribution in [0.2, 0.25) is 0 Å². The van der Waals surface area contributed by atoms with Gasteiger partial charge in [0.05, 0.1) is 0 Å². The van der Waals surface area contributed by atoms with Gasteiger partial charge in [-0.25, -0.2) is 4.79 Å². The van der Waals surface area contributed by atoms with Gasteiger partial charge in [-0.05, 0) is 6.42 Å². The third-order valence-corrected chi connectivity index (χ3v) is 1.48. The Balaban J connectivity index is 4.27. The molecule has 4 heteroatoms. The largest absolute Gasteiger partial charge is 0.389 e. The molecule has 0 unspecified atom stereocenters. The van der Waals surface area contributed by atoms with Crippen LogP contribution in [0, 0.1) is 11.3 Å². The van der Waals surface area contributed by atoms with Crippen molar-refractivity contribution in [1.29, 1.82) is 5.26 Å². The van der Waals surface area contributed by atoms with Crippen molar-refractivity contribution in [3.05, 3.63) is 11.6 Å². The summed E-state index contributed by atoms with van der Waals surface area (Å²) in [5, 5.41) is 8.58. The van der Waals surface area contributed by atoms with Gasteiger partial charge < -0.3 is 4.74 Å². The zero-order valence-corrected chi connectivity index (χ0v) is 8.37. The average Bonchev–Trinajstić information content (AvgIpc) is 2.11. The van der Waals surface area contributed by atoms with Crippen molar-refractivity contribution in [3.8, 4) is 6.07 Å². The van der Waals surface area contributed by atoms with Gasteiger partial charge in [0.15, 0.2) is 0 Å². The highest BCUT2D eigenvalue weighted by Gasteiger charge is 2.11. The lowest BCUT2D eigenvalue weighted by Crippen LogP contribution is -2.10. The molecular weight excluding hydrogens is 182 g/mol. The molecule has 4 nitrogen and oxygen atoms in total. The number of ether oxygens (including phenoxy) is 1. The SMILES string of the molecule is CCCCC=C(C#N)C(=O)OC(C)=O. The molecule has 0 fully saturated rings. The van der Waals surface area contributed by atoms with E-state index in [1.807, 2.05) is 6.92 Å². The number of carbonyl (C=O) groups is 2. The first-order chi connectivity index (χ1) is 6.61. The van der Waals surface area contributed by atoms with E-state index in [-0.39, 0.29) is 5.57 Å². The van der Waals surface area contributed by atoms with Crippen LogP contribution in [0.3, 0.4) is 0 Å². The summed E-state index contributed by atoms with van der Waals surface area (Å²) in [6.45, 7) is 3.13. The number of hydrogen-bond donors (Lipinski definition) is 0. The van der Waals surface area contributed by atoms with Gasteiger partial charge in [0, 0.05) is 6.92 Å². The predicted molar refractivity (Wildman–Crippen MR) is 50.0 cm³/mol. The maximum absolute atomic E-state index is 11.0. The smallest absolute Gasteiger partial charge is 0.356 e. The Kier molecular flexibility index (Phi) is 6.04. The quantitative estimate of drug-likeness (QED) is 0.225. The Labute approximate surface area is 83.2 Å². The van der Waals surface area contributed by atoms with E-state index < -0.39 is 11.9 Å². The minimum absolute atomic E-state index is 0.103. The second-order valence-electron chi connectivity index (χ2n) is 2.75. The Morgan fingerprint density at radius 1 is 1.50 bits per heavy atom. The lowest BCUT2D eigenvalue weighted by molar-refractivity contribution is -0.154. The highest BCUT2D eigenvalue weighted by atomic mass is 16.6. The topological polar surface area (TPSA) is 67.2 Å². The zero-order chi connectivity index (χ0) is 11.0. The van der Waals surface area contributed by atoms with E-state index in [2.05, 4.69) is 4.74 Å². The van der Waals surface area contributed by atoms with Crippen molar-refractivity contribution >= 4 is 11.9 Å². The highest BCUT2D eigenvalue weighted by molar-refractivity contribution is 5.98. The minimum atomic E-state index is -0.865. The number of hydrogen-bond acceptors (Lipinski definition) is 4.